The normalized spacial score (nSPS) is 34.1. The summed E-state index contributed by atoms with van der Waals surface area (Å²) in [6.07, 6.45) is 2.59. The third kappa shape index (κ3) is 2.42. The second-order valence-electron chi connectivity index (χ2n) is 4.10. The van der Waals surface area contributed by atoms with E-state index in [4.69, 9.17) is 5.11 Å². The van der Waals surface area contributed by atoms with E-state index in [0.29, 0.717) is 12.1 Å². The molecule has 2 heterocycles. The summed E-state index contributed by atoms with van der Waals surface area (Å²) in [5.74, 6) is 2.56. The lowest BCUT2D eigenvalue weighted by Gasteiger charge is -2.44. The van der Waals surface area contributed by atoms with Crippen LogP contribution in [0.15, 0.2) is 0 Å². The molecule has 0 saturated carbocycles. The highest BCUT2D eigenvalue weighted by atomic mass is 32.2. The van der Waals surface area contributed by atoms with E-state index in [0.717, 1.165) is 6.54 Å². The number of fused-ring (bicyclic) bond motifs is 1. The molecule has 2 unspecified atom stereocenters. The third-order valence-corrected chi connectivity index (χ3v) is 4.27. The molecule has 0 bridgehead atoms. The summed E-state index contributed by atoms with van der Waals surface area (Å²) in [5, 5.41) is 12.3. The first-order valence-electron chi connectivity index (χ1n) is 5.58. The fourth-order valence-corrected chi connectivity index (χ4v) is 3.71. The quantitative estimate of drug-likeness (QED) is 0.704. The van der Waals surface area contributed by atoms with Gasteiger partial charge < -0.3 is 10.4 Å². The van der Waals surface area contributed by atoms with Crippen LogP contribution in [0, 0.1) is 0 Å². The van der Waals surface area contributed by atoms with Crippen molar-refractivity contribution >= 4 is 11.8 Å². The molecule has 2 fully saturated rings. The van der Waals surface area contributed by atoms with Crippen LogP contribution < -0.4 is 5.32 Å². The van der Waals surface area contributed by atoms with E-state index in [1.807, 2.05) is 0 Å². The number of nitrogens with zero attached hydrogens (tertiary/aromatic N) is 1. The zero-order valence-corrected chi connectivity index (χ0v) is 9.43. The Morgan fingerprint density at radius 2 is 2.36 bits per heavy atom. The standard InChI is InChI=1S/C10H20N2OS/c13-6-3-11-9-2-1-4-12-5-7-14-8-10(9)12/h9-11,13H,1-8H2. The molecule has 2 atom stereocenters. The Hall–Kier alpha value is 0.230. The molecule has 82 valence electrons. The Balaban J connectivity index is 1.88. The van der Waals surface area contributed by atoms with Gasteiger partial charge in [0.25, 0.3) is 0 Å². The maximum Gasteiger partial charge on any atom is 0.0556 e. The summed E-state index contributed by atoms with van der Waals surface area (Å²) in [6, 6.07) is 1.33. The lowest BCUT2D eigenvalue weighted by molar-refractivity contribution is 0.126. The molecule has 0 aromatic carbocycles. The molecule has 2 N–H and O–H groups in total. The molecule has 0 spiro atoms. The monoisotopic (exact) mass is 216 g/mol. The molecular formula is C10H20N2OS. The largest absolute Gasteiger partial charge is 0.395 e. The van der Waals surface area contributed by atoms with Gasteiger partial charge in [0.15, 0.2) is 0 Å². The molecule has 2 aliphatic heterocycles. The van der Waals surface area contributed by atoms with Crippen molar-refractivity contribution in [1.82, 2.24) is 10.2 Å². The van der Waals surface area contributed by atoms with Crippen LogP contribution in [0.3, 0.4) is 0 Å². The number of aliphatic hydroxyl groups is 1. The molecule has 0 aromatic heterocycles. The molecule has 0 aromatic rings. The molecule has 0 radical (unpaired) electrons. The predicted molar refractivity (Wildman–Crippen MR) is 60.8 cm³/mol. The SMILES string of the molecule is OCCNC1CCCN2CCSCC12. The molecule has 14 heavy (non-hydrogen) atoms. The number of aliphatic hydroxyl groups excluding tert-OH is 1. The fraction of sp³-hybridized carbons (Fsp3) is 1.00. The van der Waals surface area contributed by atoms with Crippen LogP contribution in [0.5, 0.6) is 0 Å². The van der Waals surface area contributed by atoms with Crippen molar-refractivity contribution in [2.45, 2.75) is 24.9 Å². The van der Waals surface area contributed by atoms with Crippen LogP contribution in [0.4, 0.5) is 0 Å². The zero-order chi connectivity index (χ0) is 9.80. The summed E-state index contributed by atoms with van der Waals surface area (Å²) in [5.41, 5.74) is 0. The summed E-state index contributed by atoms with van der Waals surface area (Å²) in [6.45, 7) is 3.55. The van der Waals surface area contributed by atoms with Gasteiger partial charge in [0.05, 0.1) is 6.61 Å². The van der Waals surface area contributed by atoms with Gasteiger partial charge in [0, 0.05) is 36.7 Å². The van der Waals surface area contributed by atoms with Crippen LogP contribution in [-0.4, -0.2) is 59.8 Å². The van der Waals surface area contributed by atoms with Crippen LogP contribution >= 0.6 is 11.8 Å². The fourth-order valence-electron chi connectivity index (χ4n) is 2.50. The smallest absolute Gasteiger partial charge is 0.0556 e. The van der Waals surface area contributed by atoms with E-state index >= 15 is 0 Å². The van der Waals surface area contributed by atoms with Crippen LogP contribution in [0.25, 0.3) is 0 Å². The van der Waals surface area contributed by atoms with Crippen molar-refractivity contribution in [3.8, 4) is 0 Å². The highest BCUT2D eigenvalue weighted by Gasteiger charge is 2.32. The van der Waals surface area contributed by atoms with Gasteiger partial charge in [-0.1, -0.05) is 0 Å². The Morgan fingerprint density at radius 1 is 1.43 bits per heavy atom. The first kappa shape index (κ1) is 10.7. The molecule has 0 amide bonds. The van der Waals surface area contributed by atoms with E-state index in [1.54, 1.807) is 0 Å². The van der Waals surface area contributed by atoms with Crippen LogP contribution in [-0.2, 0) is 0 Å². The first-order valence-corrected chi connectivity index (χ1v) is 6.73. The van der Waals surface area contributed by atoms with E-state index in [1.165, 1.54) is 37.4 Å². The number of rotatable bonds is 3. The second kappa shape index (κ2) is 5.35. The molecular weight excluding hydrogens is 196 g/mol. The number of hydrogen-bond donors (Lipinski definition) is 2. The van der Waals surface area contributed by atoms with Crippen molar-refractivity contribution in [2.75, 3.05) is 37.7 Å². The van der Waals surface area contributed by atoms with Crippen molar-refractivity contribution in [3.63, 3.8) is 0 Å². The Bertz CT molecular complexity index is 178. The predicted octanol–water partition coefficient (Wildman–Crippen LogP) is 0.148. The number of hydrogen-bond acceptors (Lipinski definition) is 4. The maximum absolute atomic E-state index is 8.81. The Labute approximate surface area is 90.2 Å². The minimum absolute atomic E-state index is 0.260. The van der Waals surface area contributed by atoms with E-state index < -0.39 is 0 Å². The lowest BCUT2D eigenvalue weighted by atomic mass is 9.97. The van der Waals surface area contributed by atoms with E-state index in [2.05, 4.69) is 22.0 Å². The minimum atomic E-state index is 0.260. The van der Waals surface area contributed by atoms with Crippen molar-refractivity contribution in [3.05, 3.63) is 0 Å². The molecule has 4 heteroatoms. The van der Waals surface area contributed by atoms with Crippen LogP contribution in [0.2, 0.25) is 0 Å². The highest BCUT2D eigenvalue weighted by Crippen LogP contribution is 2.25. The van der Waals surface area contributed by atoms with Gasteiger partial charge in [-0.15, -0.1) is 0 Å². The van der Waals surface area contributed by atoms with Crippen molar-refractivity contribution in [2.24, 2.45) is 0 Å². The molecule has 3 nitrogen and oxygen atoms in total. The highest BCUT2D eigenvalue weighted by molar-refractivity contribution is 7.99. The molecule has 0 aliphatic carbocycles. The van der Waals surface area contributed by atoms with E-state index in [9.17, 15) is 0 Å². The average molecular weight is 216 g/mol. The Morgan fingerprint density at radius 3 is 3.21 bits per heavy atom. The average Bonchev–Trinajstić information content (AvgIpc) is 2.26. The van der Waals surface area contributed by atoms with E-state index in [-0.39, 0.29) is 6.61 Å². The van der Waals surface area contributed by atoms with Gasteiger partial charge in [0.1, 0.15) is 0 Å². The second-order valence-corrected chi connectivity index (χ2v) is 5.25. The minimum Gasteiger partial charge on any atom is -0.395 e. The summed E-state index contributed by atoms with van der Waals surface area (Å²) < 4.78 is 0. The van der Waals surface area contributed by atoms with Gasteiger partial charge in [-0.3, -0.25) is 4.90 Å². The van der Waals surface area contributed by atoms with Crippen molar-refractivity contribution < 1.29 is 5.11 Å². The Kier molecular flexibility index (Phi) is 4.10. The third-order valence-electron chi connectivity index (χ3n) is 3.22. The van der Waals surface area contributed by atoms with Crippen LogP contribution in [0.1, 0.15) is 12.8 Å². The first-order chi connectivity index (χ1) is 6.92. The summed E-state index contributed by atoms with van der Waals surface area (Å²) in [7, 11) is 0. The maximum atomic E-state index is 8.81. The summed E-state index contributed by atoms with van der Waals surface area (Å²) >= 11 is 2.07. The number of piperidine rings is 1. The van der Waals surface area contributed by atoms with Gasteiger partial charge in [-0.2, -0.15) is 11.8 Å². The number of nitrogens with one attached hydrogen (secondary N) is 1. The van der Waals surface area contributed by atoms with Gasteiger partial charge in [-0.05, 0) is 19.4 Å². The molecule has 2 rings (SSSR count). The van der Waals surface area contributed by atoms with Gasteiger partial charge >= 0.3 is 0 Å². The topological polar surface area (TPSA) is 35.5 Å². The molecule has 2 aliphatic rings. The zero-order valence-electron chi connectivity index (χ0n) is 8.61. The van der Waals surface area contributed by atoms with Gasteiger partial charge in [-0.25, -0.2) is 0 Å². The van der Waals surface area contributed by atoms with Gasteiger partial charge in [0.2, 0.25) is 0 Å². The number of thioether (sulfide) groups is 1. The summed E-state index contributed by atoms with van der Waals surface area (Å²) in [4.78, 5) is 2.62. The lowest BCUT2D eigenvalue weighted by Crippen LogP contribution is -2.57. The molecule has 2 saturated heterocycles. The van der Waals surface area contributed by atoms with Crippen molar-refractivity contribution in [1.29, 1.82) is 0 Å².